The van der Waals surface area contributed by atoms with E-state index in [1.807, 2.05) is 18.2 Å². The topological polar surface area (TPSA) is 92.5 Å². The molecule has 118 valence electrons. The van der Waals surface area contributed by atoms with E-state index in [1.165, 1.54) is 30.2 Å². The van der Waals surface area contributed by atoms with Crippen LogP contribution in [0.3, 0.4) is 0 Å². The Balaban J connectivity index is 2.45. The van der Waals surface area contributed by atoms with Gasteiger partial charge in [0.1, 0.15) is 0 Å². The number of hydrogen-bond donors (Lipinski definition) is 2. The maximum Gasteiger partial charge on any atom is 0.221 e. The van der Waals surface area contributed by atoms with E-state index in [2.05, 4.69) is 5.32 Å². The summed E-state index contributed by atoms with van der Waals surface area (Å²) in [6, 6.07) is 7.35. The molecule has 0 atom stereocenters. The third-order valence-electron chi connectivity index (χ3n) is 2.93. The van der Waals surface area contributed by atoms with Crippen molar-refractivity contribution in [1.29, 1.82) is 0 Å². The molecule has 0 aromatic heterocycles. The van der Waals surface area contributed by atoms with E-state index in [4.69, 9.17) is 5.73 Å². The standard InChI is InChI=1S/C13H21N3O3S2/c1-15-13(17)7-8-16(2)21(18,19)10-9-20-12-6-4-3-5-11(12)14/h3-6H,7-10,14H2,1-2H3,(H,15,17). The molecule has 0 radical (unpaired) electrons. The highest BCUT2D eigenvalue weighted by Crippen LogP contribution is 2.24. The Kier molecular flexibility index (Phi) is 7.00. The van der Waals surface area contributed by atoms with Crippen LogP contribution in [0.5, 0.6) is 0 Å². The lowest BCUT2D eigenvalue weighted by molar-refractivity contribution is -0.120. The fourth-order valence-electron chi connectivity index (χ4n) is 1.55. The monoisotopic (exact) mass is 331 g/mol. The summed E-state index contributed by atoms with van der Waals surface area (Å²) in [4.78, 5) is 12.0. The summed E-state index contributed by atoms with van der Waals surface area (Å²) in [6.07, 6.45) is 0.158. The van der Waals surface area contributed by atoms with Gasteiger partial charge in [-0.2, -0.15) is 0 Å². The molecule has 0 fully saturated rings. The van der Waals surface area contributed by atoms with E-state index in [0.29, 0.717) is 11.4 Å². The lowest BCUT2D eigenvalue weighted by Gasteiger charge is -2.16. The van der Waals surface area contributed by atoms with Crippen molar-refractivity contribution in [3.8, 4) is 0 Å². The summed E-state index contributed by atoms with van der Waals surface area (Å²) in [5.41, 5.74) is 6.45. The zero-order valence-electron chi connectivity index (χ0n) is 12.2. The first-order chi connectivity index (χ1) is 9.86. The summed E-state index contributed by atoms with van der Waals surface area (Å²) in [5.74, 6) is 0.250. The molecule has 6 nitrogen and oxygen atoms in total. The maximum absolute atomic E-state index is 12.1. The molecule has 1 aromatic rings. The van der Waals surface area contributed by atoms with Crippen molar-refractivity contribution < 1.29 is 13.2 Å². The van der Waals surface area contributed by atoms with Gasteiger partial charge in [0.05, 0.1) is 5.75 Å². The van der Waals surface area contributed by atoms with E-state index in [1.54, 1.807) is 6.07 Å². The number of nitrogens with one attached hydrogen (secondary N) is 1. The van der Waals surface area contributed by atoms with Crippen molar-refractivity contribution in [2.45, 2.75) is 11.3 Å². The largest absolute Gasteiger partial charge is 0.398 e. The first kappa shape index (κ1) is 17.8. The maximum atomic E-state index is 12.1. The number of nitrogens with two attached hydrogens (primary N) is 1. The van der Waals surface area contributed by atoms with Gasteiger partial charge in [-0.25, -0.2) is 12.7 Å². The van der Waals surface area contributed by atoms with Crippen molar-refractivity contribution in [3.63, 3.8) is 0 Å². The number of rotatable bonds is 8. The van der Waals surface area contributed by atoms with Crippen molar-refractivity contribution >= 4 is 33.4 Å². The van der Waals surface area contributed by atoms with Gasteiger partial charge in [-0.15, -0.1) is 11.8 Å². The predicted molar refractivity (Wildman–Crippen MR) is 86.7 cm³/mol. The summed E-state index contributed by atoms with van der Waals surface area (Å²) >= 11 is 1.41. The molecule has 21 heavy (non-hydrogen) atoms. The second-order valence-electron chi connectivity index (χ2n) is 4.45. The molecule has 8 heteroatoms. The highest BCUT2D eigenvalue weighted by molar-refractivity contribution is 8.00. The van der Waals surface area contributed by atoms with Crippen LogP contribution in [-0.4, -0.2) is 50.8 Å². The van der Waals surface area contributed by atoms with Crippen LogP contribution in [-0.2, 0) is 14.8 Å². The number of carbonyl (C=O) groups is 1. The third kappa shape index (κ3) is 5.94. The van der Waals surface area contributed by atoms with Crippen molar-refractivity contribution in [2.24, 2.45) is 0 Å². The minimum absolute atomic E-state index is 0.0102. The Hall–Kier alpha value is -1.25. The summed E-state index contributed by atoms with van der Waals surface area (Å²) in [6.45, 7) is 0.181. The summed E-state index contributed by atoms with van der Waals surface area (Å²) < 4.78 is 25.3. The van der Waals surface area contributed by atoms with E-state index < -0.39 is 10.0 Å². The van der Waals surface area contributed by atoms with Gasteiger partial charge in [-0.05, 0) is 12.1 Å². The van der Waals surface area contributed by atoms with Crippen LogP contribution in [0.4, 0.5) is 5.69 Å². The van der Waals surface area contributed by atoms with Crippen molar-refractivity contribution in [1.82, 2.24) is 9.62 Å². The third-order valence-corrected chi connectivity index (χ3v) is 6.13. The number of thioether (sulfide) groups is 1. The fourth-order valence-corrected chi connectivity index (χ4v) is 4.03. The molecule has 1 aromatic carbocycles. The first-order valence-electron chi connectivity index (χ1n) is 6.48. The average Bonchev–Trinajstić information content (AvgIpc) is 2.46. The molecular weight excluding hydrogens is 310 g/mol. The van der Waals surface area contributed by atoms with Crippen LogP contribution in [0, 0.1) is 0 Å². The smallest absolute Gasteiger partial charge is 0.221 e. The highest BCUT2D eigenvalue weighted by Gasteiger charge is 2.18. The summed E-state index contributed by atoms with van der Waals surface area (Å²) in [7, 11) is -0.344. The lowest BCUT2D eigenvalue weighted by Crippen LogP contribution is -2.33. The minimum atomic E-state index is -3.36. The average molecular weight is 331 g/mol. The second kappa shape index (κ2) is 8.26. The Morgan fingerprint density at radius 2 is 2.05 bits per heavy atom. The number of para-hydroxylation sites is 1. The van der Waals surface area contributed by atoms with Crippen LogP contribution >= 0.6 is 11.8 Å². The van der Waals surface area contributed by atoms with E-state index >= 15 is 0 Å². The number of nitrogens with zero attached hydrogens (tertiary/aromatic N) is 1. The predicted octanol–water partition coefficient (Wildman–Crippen LogP) is 0.759. The molecule has 0 heterocycles. The zero-order chi connectivity index (χ0) is 15.9. The Morgan fingerprint density at radius 3 is 2.67 bits per heavy atom. The number of carbonyl (C=O) groups excluding carboxylic acids is 1. The van der Waals surface area contributed by atoms with Gasteiger partial charge in [0.2, 0.25) is 15.9 Å². The van der Waals surface area contributed by atoms with Gasteiger partial charge >= 0.3 is 0 Å². The highest BCUT2D eigenvalue weighted by atomic mass is 32.2. The molecule has 1 amide bonds. The molecule has 0 aliphatic heterocycles. The Bertz CT molecular complexity index is 576. The van der Waals surface area contributed by atoms with Crippen LogP contribution in [0.25, 0.3) is 0 Å². The molecule has 0 saturated carbocycles. The molecule has 3 N–H and O–H groups in total. The number of sulfonamides is 1. The quantitative estimate of drug-likeness (QED) is 0.542. The second-order valence-corrected chi connectivity index (χ2v) is 7.78. The Labute approximate surface area is 130 Å². The minimum Gasteiger partial charge on any atom is -0.398 e. The SMILES string of the molecule is CNC(=O)CCN(C)S(=O)(=O)CCSc1ccccc1N. The number of anilines is 1. The summed E-state index contributed by atoms with van der Waals surface area (Å²) in [5, 5.41) is 2.46. The lowest BCUT2D eigenvalue weighted by atomic mass is 10.3. The van der Waals surface area contributed by atoms with Crippen LogP contribution in [0.2, 0.25) is 0 Å². The van der Waals surface area contributed by atoms with E-state index in [-0.39, 0.29) is 24.6 Å². The first-order valence-corrected chi connectivity index (χ1v) is 9.08. The van der Waals surface area contributed by atoms with E-state index in [9.17, 15) is 13.2 Å². The van der Waals surface area contributed by atoms with Gasteiger partial charge in [-0.1, -0.05) is 12.1 Å². The molecule has 0 aliphatic rings. The van der Waals surface area contributed by atoms with Crippen LogP contribution in [0.15, 0.2) is 29.2 Å². The van der Waals surface area contributed by atoms with Crippen molar-refractivity contribution in [3.05, 3.63) is 24.3 Å². The number of benzene rings is 1. The molecule has 0 unspecified atom stereocenters. The molecular formula is C13H21N3O3S2. The van der Waals surface area contributed by atoms with Gasteiger partial charge in [0, 0.05) is 43.4 Å². The van der Waals surface area contributed by atoms with Gasteiger partial charge in [0.15, 0.2) is 0 Å². The van der Waals surface area contributed by atoms with Crippen LogP contribution < -0.4 is 11.1 Å². The van der Waals surface area contributed by atoms with E-state index in [0.717, 1.165) is 4.90 Å². The van der Waals surface area contributed by atoms with Crippen LogP contribution in [0.1, 0.15) is 6.42 Å². The van der Waals surface area contributed by atoms with Gasteiger partial charge in [-0.3, -0.25) is 4.79 Å². The molecule has 0 saturated heterocycles. The van der Waals surface area contributed by atoms with Gasteiger partial charge in [0.25, 0.3) is 0 Å². The van der Waals surface area contributed by atoms with Crippen molar-refractivity contribution in [2.75, 3.05) is 37.9 Å². The Morgan fingerprint density at radius 1 is 1.38 bits per heavy atom. The number of nitrogen functional groups attached to an aromatic ring is 1. The number of amides is 1. The zero-order valence-corrected chi connectivity index (χ0v) is 13.8. The molecule has 1 rings (SSSR count). The molecule has 0 spiro atoms. The molecule has 0 aliphatic carbocycles. The normalized spacial score (nSPS) is 11.6. The number of hydrogen-bond acceptors (Lipinski definition) is 5. The van der Waals surface area contributed by atoms with Gasteiger partial charge < -0.3 is 11.1 Å². The molecule has 0 bridgehead atoms. The fraction of sp³-hybridized carbons (Fsp3) is 0.462.